The van der Waals surface area contributed by atoms with Gasteiger partial charge in [-0.3, -0.25) is 4.90 Å². The molecule has 0 aromatic carbocycles. The van der Waals surface area contributed by atoms with Gasteiger partial charge in [0.25, 0.3) is 6.43 Å². The van der Waals surface area contributed by atoms with E-state index in [2.05, 4.69) is 0 Å². The fraction of sp³-hybridized carbons (Fsp3) is 1.00. The Hall–Kier alpha value is -0.180. The molecule has 0 amide bonds. The highest BCUT2D eigenvalue weighted by Gasteiger charge is 2.12. The highest BCUT2D eigenvalue weighted by molar-refractivity contribution is 4.62. The van der Waals surface area contributed by atoms with E-state index in [9.17, 15) is 8.78 Å². The summed E-state index contributed by atoms with van der Waals surface area (Å²) < 4.78 is 24.0. The lowest BCUT2D eigenvalue weighted by Gasteiger charge is -2.23. The molecule has 3 heteroatoms. The van der Waals surface area contributed by atoms with Gasteiger partial charge in [-0.2, -0.15) is 0 Å². The summed E-state index contributed by atoms with van der Waals surface area (Å²) in [6.07, 6.45) is 3.71. The standard InChI is InChI=1S/C9H17F2N/c10-9(11)8-12-6-4-2-1-3-5-7-12/h9H,1-8H2. The molecule has 0 N–H and O–H groups in total. The van der Waals surface area contributed by atoms with E-state index in [1.54, 1.807) is 0 Å². The molecule has 0 aliphatic carbocycles. The summed E-state index contributed by atoms with van der Waals surface area (Å²) in [4.78, 5) is 1.89. The molecule has 0 spiro atoms. The third-order valence-corrected chi connectivity index (χ3v) is 2.34. The summed E-state index contributed by atoms with van der Waals surface area (Å²) in [5.41, 5.74) is 0. The van der Waals surface area contributed by atoms with Gasteiger partial charge in [0.05, 0.1) is 6.54 Å². The third-order valence-electron chi connectivity index (χ3n) is 2.34. The molecule has 72 valence electrons. The lowest BCUT2D eigenvalue weighted by Crippen LogP contribution is -2.31. The van der Waals surface area contributed by atoms with Crippen LogP contribution in [0, 0.1) is 0 Å². The van der Waals surface area contributed by atoms with Crippen LogP contribution in [0.2, 0.25) is 0 Å². The third kappa shape index (κ3) is 4.00. The lowest BCUT2D eigenvalue weighted by molar-refractivity contribution is 0.0841. The first-order chi connectivity index (χ1) is 5.79. The van der Waals surface area contributed by atoms with Crippen molar-refractivity contribution in [2.24, 2.45) is 0 Å². The van der Waals surface area contributed by atoms with Crippen molar-refractivity contribution in [1.29, 1.82) is 0 Å². The Balaban J connectivity index is 2.20. The van der Waals surface area contributed by atoms with Crippen LogP contribution in [-0.2, 0) is 0 Å². The molecule has 1 nitrogen and oxygen atoms in total. The van der Waals surface area contributed by atoms with Crippen LogP contribution in [0.1, 0.15) is 32.1 Å². The van der Waals surface area contributed by atoms with Gasteiger partial charge in [0.1, 0.15) is 0 Å². The van der Waals surface area contributed by atoms with Gasteiger partial charge in [-0.15, -0.1) is 0 Å². The molecule has 1 heterocycles. The minimum Gasteiger partial charge on any atom is -0.298 e. The quantitative estimate of drug-likeness (QED) is 0.626. The first kappa shape index (κ1) is 9.90. The number of hydrogen-bond acceptors (Lipinski definition) is 1. The van der Waals surface area contributed by atoms with Gasteiger partial charge in [-0.05, 0) is 25.9 Å². The van der Waals surface area contributed by atoms with Crippen molar-refractivity contribution in [3.8, 4) is 0 Å². The minimum atomic E-state index is -2.16. The van der Waals surface area contributed by atoms with Crippen molar-refractivity contribution in [1.82, 2.24) is 4.90 Å². The largest absolute Gasteiger partial charge is 0.298 e. The highest BCUT2D eigenvalue weighted by Crippen LogP contribution is 2.11. The second-order valence-electron chi connectivity index (χ2n) is 3.46. The van der Waals surface area contributed by atoms with E-state index < -0.39 is 6.43 Å². The molecule has 1 aliphatic rings. The van der Waals surface area contributed by atoms with Gasteiger partial charge in [-0.25, -0.2) is 8.78 Å². The summed E-state index contributed by atoms with van der Waals surface area (Å²) >= 11 is 0. The fourth-order valence-corrected chi connectivity index (χ4v) is 1.69. The number of alkyl halides is 2. The van der Waals surface area contributed by atoms with Crippen LogP contribution >= 0.6 is 0 Å². The Morgan fingerprint density at radius 3 is 1.92 bits per heavy atom. The predicted molar refractivity (Wildman–Crippen MR) is 45.5 cm³/mol. The Morgan fingerprint density at radius 2 is 1.42 bits per heavy atom. The highest BCUT2D eigenvalue weighted by atomic mass is 19.3. The molecule has 1 rings (SSSR count). The molecular formula is C9H17F2N. The molecule has 12 heavy (non-hydrogen) atoms. The van der Waals surface area contributed by atoms with E-state index in [1.165, 1.54) is 19.3 Å². The van der Waals surface area contributed by atoms with Crippen LogP contribution in [0.3, 0.4) is 0 Å². The molecule has 1 aliphatic heterocycles. The maximum Gasteiger partial charge on any atom is 0.251 e. The summed E-state index contributed by atoms with van der Waals surface area (Å²) in [7, 11) is 0. The number of nitrogens with zero attached hydrogens (tertiary/aromatic N) is 1. The maximum absolute atomic E-state index is 12.0. The van der Waals surface area contributed by atoms with Gasteiger partial charge in [-0.1, -0.05) is 19.3 Å². The van der Waals surface area contributed by atoms with Crippen LogP contribution in [0.25, 0.3) is 0 Å². The van der Waals surface area contributed by atoms with Crippen molar-refractivity contribution >= 4 is 0 Å². The van der Waals surface area contributed by atoms with Gasteiger partial charge in [0.2, 0.25) is 0 Å². The average molecular weight is 177 g/mol. The fourth-order valence-electron chi connectivity index (χ4n) is 1.69. The van der Waals surface area contributed by atoms with Gasteiger partial charge >= 0.3 is 0 Å². The second kappa shape index (κ2) is 5.46. The van der Waals surface area contributed by atoms with Crippen molar-refractivity contribution in [3.63, 3.8) is 0 Å². The zero-order chi connectivity index (χ0) is 8.81. The Kier molecular flexibility index (Phi) is 4.51. The number of hydrogen-bond donors (Lipinski definition) is 0. The van der Waals surface area contributed by atoms with Gasteiger partial charge < -0.3 is 0 Å². The normalized spacial score (nSPS) is 22.2. The van der Waals surface area contributed by atoms with Crippen molar-refractivity contribution in [2.45, 2.75) is 38.5 Å². The summed E-state index contributed by atoms with van der Waals surface area (Å²) in [5.74, 6) is 0. The SMILES string of the molecule is FC(F)CN1CCCCCCC1. The Labute approximate surface area is 72.7 Å². The molecule has 0 bridgehead atoms. The molecule has 0 aromatic heterocycles. The lowest BCUT2D eigenvalue weighted by atomic mass is 10.1. The number of halogens is 2. The molecule has 0 aromatic rings. The maximum atomic E-state index is 12.0. The molecule has 0 unspecified atom stereocenters. The molecule has 0 saturated carbocycles. The number of rotatable bonds is 2. The molecule has 0 atom stereocenters. The van der Waals surface area contributed by atoms with Crippen molar-refractivity contribution in [2.75, 3.05) is 19.6 Å². The summed E-state index contributed by atoms with van der Waals surface area (Å²) in [6, 6.07) is 0. The van der Waals surface area contributed by atoms with Crippen LogP contribution < -0.4 is 0 Å². The van der Waals surface area contributed by atoms with E-state index in [-0.39, 0.29) is 6.54 Å². The zero-order valence-corrected chi connectivity index (χ0v) is 7.44. The van der Waals surface area contributed by atoms with Crippen molar-refractivity contribution in [3.05, 3.63) is 0 Å². The first-order valence-corrected chi connectivity index (χ1v) is 4.79. The van der Waals surface area contributed by atoms with E-state index >= 15 is 0 Å². The van der Waals surface area contributed by atoms with Crippen LogP contribution in [-0.4, -0.2) is 31.0 Å². The Morgan fingerprint density at radius 1 is 0.917 bits per heavy atom. The Bertz CT molecular complexity index is 109. The average Bonchev–Trinajstić information content (AvgIpc) is 1.93. The summed E-state index contributed by atoms with van der Waals surface area (Å²) in [6.45, 7) is 1.70. The topological polar surface area (TPSA) is 3.24 Å². The van der Waals surface area contributed by atoms with E-state index in [0.29, 0.717) is 0 Å². The first-order valence-electron chi connectivity index (χ1n) is 4.79. The van der Waals surface area contributed by atoms with E-state index in [0.717, 1.165) is 25.9 Å². The van der Waals surface area contributed by atoms with Gasteiger partial charge in [0.15, 0.2) is 0 Å². The number of likely N-dealkylation sites (tertiary alicyclic amines) is 1. The van der Waals surface area contributed by atoms with Crippen molar-refractivity contribution < 1.29 is 8.78 Å². The smallest absolute Gasteiger partial charge is 0.251 e. The second-order valence-corrected chi connectivity index (χ2v) is 3.46. The zero-order valence-electron chi connectivity index (χ0n) is 7.44. The monoisotopic (exact) mass is 177 g/mol. The van der Waals surface area contributed by atoms with E-state index in [4.69, 9.17) is 0 Å². The van der Waals surface area contributed by atoms with Gasteiger partial charge in [0, 0.05) is 0 Å². The molecule has 1 saturated heterocycles. The van der Waals surface area contributed by atoms with Crippen LogP contribution in [0.4, 0.5) is 8.78 Å². The summed E-state index contributed by atoms with van der Waals surface area (Å²) in [5, 5.41) is 0. The van der Waals surface area contributed by atoms with Crippen LogP contribution in [0.5, 0.6) is 0 Å². The van der Waals surface area contributed by atoms with Crippen LogP contribution in [0.15, 0.2) is 0 Å². The minimum absolute atomic E-state index is 0.0278. The molecular weight excluding hydrogens is 160 g/mol. The van der Waals surface area contributed by atoms with E-state index in [1.807, 2.05) is 4.90 Å². The molecule has 0 radical (unpaired) electrons. The predicted octanol–water partition coefficient (Wildman–Crippen LogP) is 2.52. The molecule has 1 fully saturated rings.